The number of carbonyl (C=O) groups excluding carboxylic acids is 1. The fourth-order valence-corrected chi connectivity index (χ4v) is 3.26. The Morgan fingerprint density at radius 2 is 1.88 bits per heavy atom. The first-order valence-corrected chi connectivity index (χ1v) is 8.74. The van der Waals surface area contributed by atoms with Gasteiger partial charge in [0.2, 0.25) is 0 Å². The molecule has 1 saturated heterocycles. The highest BCUT2D eigenvalue weighted by Gasteiger charge is 2.24. The van der Waals surface area contributed by atoms with Crippen molar-refractivity contribution in [3.05, 3.63) is 40.3 Å². The van der Waals surface area contributed by atoms with E-state index < -0.39 is 0 Å². The number of benzene rings is 1. The van der Waals surface area contributed by atoms with Crippen molar-refractivity contribution in [3.63, 3.8) is 0 Å². The first kappa shape index (κ1) is 17.5. The fraction of sp³-hybridized carbons (Fsp3) is 0.474. The Balaban J connectivity index is 2.09. The highest BCUT2D eigenvalue weighted by Crippen LogP contribution is 2.20. The van der Waals surface area contributed by atoms with Crippen molar-refractivity contribution in [2.24, 2.45) is 0 Å². The van der Waals surface area contributed by atoms with Crippen molar-refractivity contribution >= 4 is 16.7 Å². The standard InChI is InChI=1S/C19H25N3O3/c1-4-7-22-17(19(24)21-10-8-20(2)9-11-21)13-14-12-15(25-3)5-6-16(14)18(22)23/h5-6,12-13H,4,7-11H2,1-3H3. The number of hydrogen-bond donors (Lipinski definition) is 0. The molecule has 3 rings (SSSR count). The van der Waals surface area contributed by atoms with Crippen LogP contribution in [0, 0.1) is 0 Å². The number of hydrogen-bond acceptors (Lipinski definition) is 4. The fourth-order valence-electron chi connectivity index (χ4n) is 3.26. The molecular weight excluding hydrogens is 318 g/mol. The average molecular weight is 343 g/mol. The van der Waals surface area contributed by atoms with Crippen LogP contribution in [0.2, 0.25) is 0 Å². The first-order chi connectivity index (χ1) is 12.0. The van der Waals surface area contributed by atoms with E-state index in [-0.39, 0.29) is 11.5 Å². The van der Waals surface area contributed by atoms with E-state index >= 15 is 0 Å². The molecule has 0 saturated carbocycles. The van der Waals surface area contributed by atoms with Gasteiger partial charge in [-0.3, -0.25) is 9.59 Å². The van der Waals surface area contributed by atoms with Crippen molar-refractivity contribution in [1.29, 1.82) is 0 Å². The predicted molar refractivity (Wildman–Crippen MR) is 98.5 cm³/mol. The molecule has 0 aliphatic carbocycles. The Bertz CT molecular complexity index is 836. The summed E-state index contributed by atoms with van der Waals surface area (Å²) in [5.74, 6) is 0.613. The van der Waals surface area contributed by atoms with Crippen LogP contribution in [0.5, 0.6) is 5.75 Å². The maximum atomic E-state index is 13.1. The third-order valence-corrected chi connectivity index (χ3v) is 4.77. The Kier molecular flexibility index (Phi) is 5.08. The minimum atomic E-state index is -0.112. The molecule has 6 nitrogen and oxygen atoms in total. The molecule has 0 atom stereocenters. The lowest BCUT2D eigenvalue weighted by molar-refractivity contribution is 0.0652. The number of nitrogens with zero attached hydrogens (tertiary/aromatic N) is 3. The van der Waals surface area contributed by atoms with Gasteiger partial charge in [0.05, 0.1) is 7.11 Å². The van der Waals surface area contributed by atoms with E-state index in [9.17, 15) is 9.59 Å². The van der Waals surface area contributed by atoms with Crippen LogP contribution in [0.25, 0.3) is 10.8 Å². The van der Waals surface area contributed by atoms with Crippen LogP contribution in [-0.4, -0.2) is 60.6 Å². The number of methoxy groups -OCH3 is 1. The summed E-state index contributed by atoms with van der Waals surface area (Å²) in [5.41, 5.74) is 0.358. The van der Waals surface area contributed by atoms with E-state index in [0.29, 0.717) is 36.5 Å². The second-order valence-corrected chi connectivity index (χ2v) is 6.54. The van der Waals surface area contributed by atoms with Crippen LogP contribution >= 0.6 is 0 Å². The molecule has 2 aromatic rings. The zero-order valence-electron chi connectivity index (χ0n) is 15.1. The average Bonchev–Trinajstić information content (AvgIpc) is 2.63. The Labute approximate surface area is 147 Å². The molecule has 1 aliphatic heterocycles. The second kappa shape index (κ2) is 7.27. The summed E-state index contributed by atoms with van der Waals surface area (Å²) in [7, 11) is 3.65. The third-order valence-electron chi connectivity index (χ3n) is 4.77. The number of fused-ring (bicyclic) bond motifs is 1. The molecule has 1 fully saturated rings. The summed E-state index contributed by atoms with van der Waals surface area (Å²) in [6.45, 7) is 5.62. The minimum absolute atomic E-state index is 0.0663. The van der Waals surface area contributed by atoms with Crippen molar-refractivity contribution < 1.29 is 9.53 Å². The lowest BCUT2D eigenvalue weighted by atomic mass is 10.1. The molecule has 25 heavy (non-hydrogen) atoms. The quantitative estimate of drug-likeness (QED) is 0.850. The number of ether oxygens (including phenoxy) is 1. The Hall–Kier alpha value is -2.34. The topological polar surface area (TPSA) is 54.8 Å². The zero-order chi connectivity index (χ0) is 18.0. The van der Waals surface area contributed by atoms with E-state index in [2.05, 4.69) is 11.9 Å². The Morgan fingerprint density at radius 1 is 1.16 bits per heavy atom. The van der Waals surface area contributed by atoms with E-state index in [4.69, 9.17) is 4.74 Å². The van der Waals surface area contributed by atoms with E-state index in [1.807, 2.05) is 24.0 Å². The summed E-state index contributed by atoms with van der Waals surface area (Å²) in [6, 6.07) is 7.19. The lowest BCUT2D eigenvalue weighted by Gasteiger charge is -2.33. The van der Waals surface area contributed by atoms with Crippen molar-refractivity contribution in [3.8, 4) is 5.75 Å². The third kappa shape index (κ3) is 3.39. The van der Waals surface area contributed by atoms with Crippen molar-refractivity contribution in [2.45, 2.75) is 19.9 Å². The number of likely N-dealkylation sites (N-methyl/N-ethyl adjacent to an activating group) is 1. The molecule has 1 aromatic heterocycles. The first-order valence-electron chi connectivity index (χ1n) is 8.74. The van der Waals surface area contributed by atoms with E-state index in [1.165, 1.54) is 0 Å². The van der Waals surface area contributed by atoms with Gasteiger partial charge >= 0.3 is 0 Å². The van der Waals surface area contributed by atoms with E-state index in [0.717, 1.165) is 24.9 Å². The molecule has 0 radical (unpaired) electrons. The van der Waals surface area contributed by atoms with Gasteiger partial charge in [0, 0.05) is 38.1 Å². The van der Waals surface area contributed by atoms with Gasteiger partial charge in [0.1, 0.15) is 11.4 Å². The SMILES string of the molecule is CCCn1c(C(=O)N2CCN(C)CC2)cc2cc(OC)ccc2c1=O. The van der Waals surface area contributed by atoms with Crippen molar-refractivity contribution in [1.82, 2.24) is 14.4 Å². The highest BCUT2D eigenvalue weighted by molar-refractivity contribution is 5.97. The summed E-state index contributed by atoms with van der Waals surface area (Å²) >= 11 is 0. The van der Waals surface area contributed by atoms with Crippen LogP contribution in [0.1, 0.15) is 23.8 Å². The minimum Gasteiger partial charge on any atom is -0.497 e. The molecule has 0 spiro atoms. The molecule has 1 amide bonds. The van der Waals surface area contributed by atoms with Crippen LogP contribution in [0.4, 0.5) is 0 Å². The van der Waals surface area contributed by atoms with Gasteiger partial charge in [-0.2, -0.15) is 0 Å². The molecule has 0 unspecified atom stereocenters. The van der Waals surface area contributed by atoms with Gasteiger partial charge in [-0.1, -0.05) is 6.92 Å². The number of aromatic nitrogens is 1. The summed E-state index contributed by atoms with van der Waals surface area (Å²) in [4.78, 5) is 30.0. The zero-order valence-corrected chi connectivity index (χ0v) is 15.1. The van der Waals surface area contributed by atoms with Gasteiger partial charge in [0.15, 0.2) is 0 Å². The maximum absolute atomic E-state index is 13.1. The van der Waals surface area contributed by atoms with Gasteiger partial charge < -0.3 is 19.1 Å². The second-order valence-electron chi connectivity index (χ2n) is 6.54. The van der Waals surface area contributed by atoms with Crippen LogP contribution in [0.15, 0.2) is 29.1 Å². The van der Waals surface area contributed by atoms with Gasteiger partial charge in [-0.15, -0.1) is 0 Å². The van der Waals surface area contributed by atoms with E-state index in [1.54, 1.807) is 23.8 Å². The summed E-state index contributed by atoms with van der Waals surface area (Å²) in [5, 5.41) is 1.36. The number of pyridine rings is 1. The van der Waals surface area contributed by atoms with Crippen LogP contribution < -0.4 is 10.3 Å². The van der Waals surface area contributed by atoms with Crippen LogP contribution in [-0.2, 0) is 6.54 Å². The molecule has 134 valence electrons. The van der Waals surface area contributed by atoms with Crippen molar-refractivity contribution in [2.75, 3.05) is 40.3 Å². The molecule has 0 N–H and O–H groups in total. The number of amides is 1. The van der Waals surface area contributed by atoms with Gasteiger partial charge in [-0.05, 0) is 43.1 Å². The molecule has 6 heteroatoms. The van der Waals surface area contributed by atoms with Crippen LogP contribution in [0.3, 0.4) is 0 Å². The monoisotopic (exact) mass is 343 g/mol. The molecule has 2 heterocycles. The predicted octanol–water partition coefficient (Wildman–Crippen LogP) is 1.81. The molecular formula is C19H25N3O3. The number of rotatable bonds is 4. The summed E-state index contributed by atoms with van der Waals surface area (Å²) in [6.07, 6.45) is 0.796. The number of piperazine rings is 1. The maximum Gasteiger partial charge on any atom is 0.270 e. The molecule has 1 aromatic carbocycles. The van der Waals surface area contributed by atoms with Gasteiger partial charge in [0.25, 0.3) is 11.5 Å². The molecule has 1 aliphatic rings. The summed E-state index contributed by atoms with van der Waals surface area (Å²) < 4.78 is 6.88. The normalized spacial score (nSPS) is 15.6. The van der Waals surface area contributed by atoms with Gasteiger partial charge in [-0.25, -0.2) is 0 Å². The largest absolute Gasteiger partial charge is 0.497 e. The number of carbonyl (C=O) groups is 1. The Morgan fingerprint density at radius 3 is 2.52 bits per heavy atom. The molecule has 0 bridgehead atoms. The lowest BCUT2D eigenvalue weighted by Crippen LogP contribution is -2.48. The smallest absolute Gasteiger partial charge is 0.270 e. The highest BCUT2D eigenvalue weighted by atomic mass is 16.5.